The predicted octanol–water partition coefficient (Wildman–Crippen LogP) is 4.03. The Morgan fingerprint density at radius 2 is 1.88 bits per heavy atom. The number of nitrogens with zero attached hydrogens (tertiary/aromatic N) is 1. The van der Waals surface area contributed by atoms with Crippen LogP contribution in [-0.2, 0) is 29.0 Å². The van der Waals surface area contributed by atoms with Crippen LogP contribution in [0.25, 0.3) is 0 Å². The summed E-state index contributed by atoms with van der Waals surface area (Å²) in [5, 5.41) is 16.3. The van der Waals surface area contributed by atoms with E-state index in [9.17, 15) is 19.5 Å². The van der Waals surface area contributed by atoms with Crippen LogP contribution < -0.4 is 10.6 Å². The monoisotopic (exact) mass is 467 g/mol. The van der Waals surface area contributed by atoms with Crippen LogP contribution in [0.4, 0.5) is 5.00 Å². The number of rotatable bonds is 6. The summed E-state index contributed by atoms with van der Waals surface area (Å²) >= 11 is 1.49. The molecule has 3 aliphatic rings. The molecule has 2 bridgehead atoms. The van der Waals surface area contributed by atoms with Crippen LogP contribution in [0, 0.1) is 23.7 Å². The van der Waals surface area contributed by atoms with E-state index in [1.165, 1.54) is 11.3 Å². The highest BCUT2D eigenvalue weighted by Gasteiger charge is 2.54. The van der Waals surface area contributed by atoms with Crippen LogP contribution in [0.5, 0.6) is 0 Å². The van der Waals surface area contributed by atoms with E-state index in [0.29, 0.717) is 17.1 Å². The zero-order chi connectivity index (χ0) is 22.9. The topological polar surface area (TPSA) is 108 Å². The molecular weight excluding hydrogens is 438 g/mol. The van der Waals surface area contributed by atoms with Gasteiger partial charge in [-0.15, -0.1) is 11.3 Å². The molecule has 8 heteroatoms. The van der Waals surface area contributed by atoms with Crippen molar-refractivity contribution in [2.75, 3.05) is 5.32 Å². The third-order valence-corrected chi connectivity index (χ3v) is 8.77. The third-order valence-electron chi connectivity index (χ3n) is 7.57. The van der Waals surface area contributed by atoms with Crippen LogP contribution >= 0.6 is 11.3 Å². The van der Waals surface area contributed by atoms with Gasteiger partial charge in [-0.1, -0.05) is 12.5 Å². The van der Waals surface area contributed by atoms with E-state index in [-0.39, 0.29) is 23.7 Å². The molecule has 174 valence electrons. The molecule has 2 saturated carbocycles. The maximum Gasteiger partial charge on any atom is 0.307 e. The summed E-state index contributed by atoms with van der Waals surface area (Å²) in [6.45, 7) is 0.359. The minimum absolute atomic E-state index is 0.0885. The van der Waals surface area contributed by atoms with Gasteiger partial charge in [0.25, 0.3) is 5.91 Å². The molecule has 2 amide bonds. The second kappa shape index (κ2) is 9.25. The molecule has 5 rings (SSSR count). The van der Waals surface area contributed by atoms with Crippen molar-refractivity contribution in [2.45, 2.75) is 57.9 Å². The molecule has 4 atom stereocenters. The number of carbonyl (C=O) groups is 3. The molecule has 0 aliphatic heterocycles. The number of aromatic nitrogens is 1. The standard InChI is InChI=1S/C25H29N3O4S/c29-22(27-13-14-5-4-10-26-12-14)21-17-6-2-1-3-7-18(17)33-24(21)28-23(30)19-15-8-9-16(11-15)20(19)25(31)32/h4-5,10,12,15-16,19-20H,1-3,6-9,11,13H2,(H,27,29)(H,28,30)(H,31,32)/t15-,16+,19-,20+/m1/s1. The summed E-state index contributed by atoms with van der Waals surface area (Å²) in [5.41, 5.74) is 2.51. The van der Waals surface area contributed by atoms with E-state index in [1.54, 1.807) is 12.4 Å². The number of carboxylic acids is 1. The number of aryl methyl sites for hydroxylation is 1. The van der Waals surface area contributed by atoms with E-state index < -0.39 is 17.8 Å². The summed E-state index contributed by atoms with van der Waals surface area (Å²) in [4.78, 5) is 43.8. The number of aliphatic carboxylic acids is 1. The third kappa shape index (κ3) is 4.28. The van der Waals surface area contributed by atoms with Crippen LogP contribution in [0.2, 0.25) is 0 Å². The lowest BCUT2D eigenvalue weighted by atomic mass is 9.78. The smallest absolute Gasteiger partial charge is 0.307 e. The number of pyridine rings is 1. The molecule has 0 radical (unpaired) electrons. The van der Waals surface area contributed by atoms with Gasteiger partial charge >= 0.3 is 5.97 Å². The lowest BCUT2D eigenvalue weighted by molar-refractivity contribution is -0.148. The Morgan fingerprint density at radius 1 is 1.09 bits per heavy atom. The van der Waals surface area contributed by atoms with Crippen LogP contribution in [0.3, 0.4) is 0 Å². The summed E-state index contributed by atoms with van der Waals surface area (Å²) in [5.74, 6) is -2.25. The van der Waals surface area contributed by atoms with Gasteiger partial charge < -0.3 is 15.7 Å². The number of anilines is 1. The average Bonchev–Trinajstić information content (AvgIpc) is 3.47. The average molecular weight is 468 g/mol. The Morgan fingerprint density at radius 3 is 2.64 bits per heavy atom. The number of nitrogens with one attached hydrogen (secondary N) is 2. The molecule has 0 aromatic carbocycles. The lowest BCUT2D eigenvalue weighted by Crippen LogP contribution is -2.38. The fourth-order valence-electron chi connectivity index (χ4n) is 6.06. The molecule has 0 saturated heterocycles. The van der Waals surface area contributed by atoms with Gasteiger partial charge in [-0.05, 0) is 74.0 Å². The van der Waals surface area contributed by atoms with Crippen LogP contribution in [0.1, 0.15) is 64.9 Å². The van der Waals surface area contributed by atoms with Gasteiger partial charge in [0.15, 0.2) is 0 Å². The Hall–Kier alpha value is -2.74. The molecule has 3 aliphatic carbocycles. The molecule has 0 unspecified atom stereocenters. The number of carboxylic acid groups (broad SMARTS) is 1. The predicted molar refractivity (Wildman–Crippen MR) is 125 cm³/mol. The molecule has 7 nitrogen and oxygen atoms in total. The minimum Gasteiger partial charge on any atom is -0.481 e. The first kappa shape index (κ1) is 22.1. The van der Waals surface area contributed by atoms with Crippen molar-refractivity contribution >= 4 is 34.1 Å². The van der Waals surface area contributed by atoms with Crippen LogP contribution in [-0.4, -0.2) is 27.9 Å². The second-order valence-electron chi connectivity index (χ2n) is 9.52. The maximum absolute atomic E-state index is 13.3. The molecule has 3 N–H and O–H groups in total. The van der Waals surface area contributed by atoms with Gasteiger partial charge in [0.1, 0.15) is 5.00 Å². The van der Waals surface area contributed by atoms with Crippen molar-refractivity contribution in [3.63, 3.8) is 0 Å². The first-order valence-electron chi connectivity index (χ1n) is 11.9. The zero-order valence-electron chi connectivity index (χ0n) is 18.5. The van der Waals surface area contributed by atoms with Gasteiger partial charge in [-0.3, -0.25) is 19.4 Å². The summed E-state index contributed by atoms with van der Waals surface area (Å²) in [6.07, 6.45) is 11.0. The van der Waals surface area contributed by atoms with Gasteiger partial charge in [0.05, 0.1) is 17.4 Å². The highest BCUT2D eigenvalue weighted by Crippen LogP contribution is 2.53. The van der Waals surface area contributed by atoms with Crippen molar-refractivity contribution in [3.05, 3.63) is 46.1 Å². The Balaban J connectivity index is 1.40. The van der Waals surface area contributed by atoms with Gasteiger partial charge in [0.2, 0.25) is 5.91 Å². The molecular formula is C25H29N3O4S. The quantitative estimate of drug-likeness (QED) is 0.556. The minimum atomic E-state index is -0.876. The summed E-state index contributed by atoms with van der Waals surface area (Å²) < 4.78 is 0. The normalized spacial score (nSPS) is 25.8. The lowest BCUT2D eigenvalue weighted by Gasteiger charge is -2.27. The number of thiophene rings is 1. The fourth-order valence-corrected chi connectivity index (χ4v) is 7.35. The van der Waals surface area contributed by atoms with Gasteiger partial charge in [0, 0.05) is 23.8 Å². The van der Waals surface area contributed by atoms with E-state index in [0.717, 1.165) is 67.4 Å². The first-order chi connectivity index (χ1) is 16.0. The van der Waals surface area contributed by atoms with Crippen molar-refractivity contribution in [1.82, 2.24) is 10.3 Å². The number of carbonyl (C=O) groups excluding carboxylic acids is 2. The molecule has 2 aromatic heterocycles. The Labute approximate surface area is 197 Å². The second-order valence-corrected chi connectivity index (χ2v) is 10.6. The van der Waals surface area contributed by atoms with E-state index in [2.05, 4.69) is 15.6 Å². The van der Waals surface area contributed by atoms with E-state index >= 15 is 0 Å². The van der Waals surface area contributed by atoms with Gasteiger partial charge in [-0.2, -0.15) is 0 Å². The maximum atomic E-state index is 13.3. The number of hydrogen-bond donors (Lipinski definition) is 3. The Kier molecular flexibility index (Phi) is 6.19. The highest BCUT2D eigenvalue weighted by molar-refractivity contribution is 7.17. The Bertz CT molecular complexity index is 1070. The van der Waals surface area contributed by atoms with Crippen molar-refractivity contribution in [3.8, 4) is 0 Å². The van der Waals surface area contributed by atoms with Gasteiger partial charge in [-0.25, -0.2) is 0 Å². The summed E-state index contributed by atoms with van der Waals surface area (Å²) in [6, 6.07) is 3.74. The molecule has 33 heavy (non-hydrogen) atoms. The molecule has 0 spiro atoms. The SMILES string of the molecule is O=C(NCc1cccnc1)c1c(NC(=O)[C@@H]2[C@@H]3CC[C@@H](C3)[C@@H]2C(=O)O)sc2c1CCCCC2. The zero-order valence-corrected chi connectivity index (χ0v) is 19.3. The molecule has 2 fully saturated rings. The first-order valence-corrected chi connectivity index (χ1v) is 12.7. The highest BCUT2D eigenvalue weighted by atomic mass is 32.1. The van der Waals surface area contributed by atoms with E-state index in [4.69, 9.17) is 0 Å². The fraction of sp³-hybridized carbons (Fsp3) is 0.520. The van der Waals surface area contributed by atoms with Crippen LogP contribution in [0.15, 0.2) is 24.5 Å². The molecule has 2 aromatic rings. The number of hydrogen-bond acceptors (Lipinski definition) is 5. The number of amides is 2. The molecule has 2 heterocycles. The largest absolute Gasteiger partial charge is 0.481 e. The van der Waals surface area contributed by atoms with Crippen molar-refractivity contribution in [1.29, 1.82) is 0 Å². The van der Waals surface area contributed by atoms with Crippen molar-refractivity contribution in [2.24, 2.45) is 23.7 Å². The van der Waals surface area contributed by atoms with Crippen molar-refractivity contribution < 1.29 is 19.5 Å². The van der Waals surface area contributed by atoms with E-state index in [1.807, 2.05) is 12.1 Å². The number of fused-ring (bicyclic) bond motifs is 3. The summed E-state index contributed by atoms with van der Waals surface area (Å²) in [7, 11) is 0.